The first kappa shape index (κ1) is 13.3. The summed E-state index contributed by atoms with van der Waals surface area (Å²) >= 11 is 0. The standard InChI is InChI=1S/C16H22N2O2/c1-11-4-2-5-12(11)10-18-16(19)13-6-3-7-14-15(13)20-9-8-17-14/h3,6-7,11-12,17H,2,4-5,8-10H2,1H3,(H,18,19). The number of amides is 1. The van der Waals surface area contributed by atoms with Crippen molar-refractivity contribution in [2.24, 2.45) is 11.8 Å². The van der Waals surface area contributed by atoms with Crippen molar-refractivity contribution < 1.29 is 9.53 Å². The molecule has 4 heteroatoms. The van der Waals surface area contributed by atoms with Gasteiger partial charge in [0.05, 0.1) is 11.3 Å². The molecule has 0 saturated heterocycles. The number of para-hydroxylation sites is 1. The van der Waals surface area contributed by atoms with Crippen LogP contribution in [-0.2, 0) is 0 Å². The van der Waals surface area contributed by atoms with Crippen LogP contribution in [0, 0.1) is 11.8 Å². The van der Waals surface area contributed by atoms with E-state index in [1.54, 1.807) is 0 Å². The summed E-state index contributed by atoms with van der Waals surface area (Å²) < 4.78 is 5.65. The van der Waals surface area contributed by atoms with Gasteiger partial charge in [-0.15, -0.1) is 0 Å². The molecule has 1 heterocycles. The summed E-state index contributed by atoms with van der Waals surface area (Å²) in [7, 11) is 0. The Labute approximate surface area is 119 Å². The molecular formula is C16H22N2O2. The van der Waals surface area contributed by atoms with Crippen molar-refractivity contribution in [2.75, 3.05) is 25.0 Å². The molecular weight excluding hydrogens is 252 g/mol. The second kappa shape index (κ2) is 5.73. The zero-order chi connectivity index (χ0) is 13.9. The highest BCUT2D eigenvalue weighted by molar-refractivity contribution is 5.98. The number of anilines is 1. The molecule has 1 aliphatic carbocycles. The molecule has 1 fully saturated rings. The molecule has 2 atom stereocenters. The van der Waals surface area contributed by atoms with Crippen LogP contribution >= 0.6 is 0 Å². The number of fused-ring (bicyclic) bond motifs is 1. The summed E-state index contributed by atoms with van der Waals surface area (Å²) in [5.41, 5.74) is 1.55. The average molecular weight is 274 g/mol. The van der Waals surface area contributed by atoms with Crippen LogP contribution in [0.15, 0.2) is 18.2 Å². The quantitative estimate of drug-likeness (QED) is 0.891. The van der Waals surface area contributed by atoms with Crippen molar-refractivity contribution in [1.29, 1.82) is 0 Å². The van der Waals surface area contributed by atoms with Crippen LogP contribution < -0.4 is 15.4 Å². The molecule has 0 spiro atoms. The van der Waals surface area contributed by atoms with E-state index in [2.05, 4.69) is 17.6 Å². The summed E-state index contributed by atoms with van der Waals surface area (Å²) in [6, 6.07) is 5.68. The largest absolute Gasteiger partial charge is 0.489 e. The fourth-order valence-electron chi connectivity index (χ4n) is 3.19. The summed E-state index contributed by atoms with van der Waals surface area (Å²) in [6.45, 7) is 4.45. The van der Waals surface area contributed by atoms with Crippen LogP contribution in [0.5, 0.6) is 5.75 Å². The molecule has 1 aromatic carbocycles. The lowest BCUT2D eigenvalue weighted by atomic mass is 9.98. The first-order valence-corrected chi connectivity index (χ1v) is 7.53. The Morgan fingerprint density at radius 2 is 2.35 bits per heavy atom. The Kier molecular flexibility index (Phi) is 3.81. The number of hydrogen-bond acceptors (Lipinski definition) is 3. The lowest BCUT2D eigenvalue weighted by Crippen LogP contribution is -2.31. The first-order chi connectivity index (χ1) is 9.75. The predicted octanol–water partition coefficient (Wildman–Crippen LogP) is 2.66. The van der Waals surface area contributed by atoms with Crippen molar-refractivity contribution in [2.45, 2.75) is 26.2 Å². The summed E-state index contributed by atoms with van der Waals surface area (Å²) in [6.07, 6.45) is 3.80. The van der Waals surface area contributed by atoms with Crippen LogP contribution in [0.1, 0.15) is 36.5 Å². The average Bonchev–Trinajstić information content (AvgIpc) is 2.89. The van der Waals surface area contributed by atoms with E-state index in [0.717, 1.165) is 24.7 Å². The van der Waals surface area contributed by atoms with E-state index in [4.69, 9.17) is 4.74 Å². The lowest BCUT2D eigenvalue weighted by Gasteiger charge is -2.22. The van der Waals surface area contributed by atoms with Crippen molar-refractivity contribution in [3.8, 4) is 5.75 Å². The van der Waals surface area contributed by atoms with Gasteiger partial charge in [-0.3, -0.25) is 4.79 Å². The topological polar surface area (TPSA) is 50.4 Å². The molecule has 1 aliphatic heterocycles. The highest BCUT2D eigenvalue weighted by atomic mass is 16.5. The minimum Gasteiger partial charge on any atom is -0.489 e. The van der Waals surface area contributed by atoms with Gasteiger partial charge in [0.15, 0.2) is 5.75 Å². The van der Waals surface area contributed by atoms with Crippen LogP contribution in [0.3, 0.4) is 0 Å². The number of carbonyl (C=O) groups is 1. The number of nitrogens with one attached hydrogen (secondary N) is 2. The van der Waals surface area contributed by atoms with Crippen LogP contribution in [0.25, 0.3) is 0 Å². The number of carbonyl (C=O) groups excluding carboxylic acids is 1. The van der Waals surface area contributed by atoms with Crippen molar-refractivity contribution in [3.05, 3.63) is 23.8 Å². The van der Waals surface area contributed by atoms with Crippen LogP contribution in [-0.4, -0.2) is 25.6 Å². The third kappa shape index (κ3) is 2.60. The number of benzene rings is 1. The Morgan fingerprint density at radius 1 is 1.45 bits per heavy atom. The van der Waals surface area contributed by atoms with Gasteiger partial charge < -0.3 is 15.4 Å². The van der Waals surface area contributed by atoms with Crippen molar-refractivity contribution in [1.82, 2.24) is 5.32 Å². The molecule has 20 heavy (non-hydrogen) atoms. The summed E-state index contributed by atoms with van der Waals surface area (Å²) in [5, 5.41) is 6.33. The Morgan fingerprint density at radius 3 is 3.15 bits per heavy atom. The fraction of sp³-hybridized carbons (Fsp3) is 0.562. The van der Waals surface area contributed by atoms with Crippen LogP contribution in [0.2, 0.25) is 0 Å². The second-order valence-corrected chi connectivity index (χ2v) is 5.84. The SMILES string of the molecule is CC1CCCC1CNC(=O)c1cccc2c1OCCN2. The van der Waals surface area contributed by atoms with Gasteiger partial charge in [-0.05, 0) is 30.4 Å². The third-order valence-electron chi connectivity index (χ3n) is 4.49. The predicted molar refractivity (Wildman–Crippen MR) is 79.3 cm³/mol. The van der Waals surface area contributed by atoms with Gasteiger partial charge in [0.25, 0.3) is 5.91 Å². The fourth-order valence-corrected chi connectivity index (χ4v) is 3.19. The normalized spacial score (nSPS) is 24.4. The van der Waals surface area contributed by atoms with Gasteiger partial charge in [-0.1, -0.05) is 25.8 Å². The maximum atomic E-state index is 12.4. The smallest absolute Gasteiger partial charge is 0.255 e. The van der Waals surface area contributed by atoms with E-state index >= 15 is 0 Å². The minimum atomic E-state index is -0.0235. The lowest BCUT2D eigenvalue weighted by molar-refractivity contribution is 0.0940. The van der Waals surface area contributed by atoms with E-state index in [1.165, 1.54) is 19.3 Å². The van der Waals surface area contributed by atoms with Crippen LogP contribution in [0.4, 0.5) is 5.69 Å². The highest BCUT2D eigenvalue weighted by Crippen LogP contribution is 2.32. The Hall–Kier alpha value is -1.71. The molecule has 1 amide bonds. The molecule has 0 aromatic heterocycles. The highest BCUT2D eigenvalue weighted by Gasteiger charge is 2.25. The molecule has 1 aromatic rings. The van der Waals surface area contributed by atoms with Crippen molar-refractivity contribution in [3.63, 3.8) is 0 Å². The zero-order valence-electron chi connectivity index (χ0n) is 11.9. The first-order valence-electron chi connectivity index (χ1n) is 7.53. The van der Waals surface area contributed by atoms with E-state index < -0.39 is 0 Å². The van der Waals surface area contributed by atoms with E-state index in [0.29, 0.717) is 23.8 Å². The number of hydrogen-bond donors (Lipinski definition) is 2. The van der Waals surface area contributed by atoms with E-state index in [9.17, 15) is 4.79 Å². The van der Waals surface area contributed by atoms with E-state index in [1.807, 2.05) is 18.2 Å². The van der Waals surface area contributed by atoms with Crippen molar-refractivity contribution >= 4 is 11.6 Å². The summed E-state index contributed by atoms with van der Waals surface area (Å²) in [4.78, 5) is 12.4. The van der Waals surface area contributed by atoms with Gasteiger partial charge in [-0.2, -0.15) is 0 Å². The molecule has 4 nitrogen and oxygen atoms in total. The Balaban J connectivity index is 1.68. The maximum absolute atomic E-state index is 12.4. The molecule has 2 aliphatic rings. The second-order valence-electron chi connectivity index (χ2n) is 5.84. The maximum Gasteiger partial charge on any atom is 0.255 e. The molecule has 2 N–H and O–H groups in total. The summed E-state index contributed by atoms with van der Waals surface area (Å²) in [5.74, 6) is 2.01. The molecule has 0 radical (unpaired) electrons. The van der Waals surface area contributed by atoms with Gasteiger partial charge in [0.2, 0.25) is 0 Å². The van der Waals surface area contributed by atoms with Gasteiger partial charge >= 0.3 is 0 Å². The molecule has 1 saturated carbocycles. The third-order valence-corrected chi connectivity index (χ3v) is 4.49. The van der Waals surface area contributed by atoms with Gasteiger partial charge in [0.1, 0.15) is 6.61 Å². The monoisotopic (exact) mass is 274 g/mol. The van der Waals surface area contributed by atoms with Gasteiger partial charge in [-0.25, -0.2) is 0 Å². The number of rotatable bonds is 3. The molecule has 0 bridgehead atoms. The zero-order valence-corrected chi connectivity index (χ0v) is 11.9. The molecule has 2 unspecified atom stereocenters. The van der Waals surface area contributed by atoms with Gasteiger partial charge in [0, 0.05) is 13.1 Å². The molecule has 108 valence electrons. The van der Waals surface area contributed by atoms with E-state index in [-0.39, 0.29) is 5.91 Å². The minimum absolute atomic E-state index is 0.0235. The number of ether oxygens (including phenoxy) is 1. The molecule has 3 rings (SSSR count). The Bertz CT molecular complexity index is 501.